The highest BCUT2D eigenvalue weighted by atomic mass is 16.5. The van der Waals surface area contributed by atoms with Crippen LogP contribution in [0.25, 0.3) is 0 Å². The van der Waals surface area contributed by atoms with Crippen molar-refractivity contribution >= 4 is 5.91 Å². The Labute approximate surface area is 116 Å². The average Bonchev–Trinajstić information content (AvgIpc) is 2.63. The molecule has 3 aliphatic rings. The first kappa shape index (κ1) is 13.4. The van der Waals surface area contributed by atoms with Gasteiger partial charge in [0.05, 0.1) is 6.61 Å². The van der Waals surface area contributed by atoms with E-state index >= 15 is 0 Å². The van der Waals surface area contributed by atoms with E-state index in [2.05, 4.69) is 9.80 Å². The molecule has 0 aromatic carbocycles. The van der Waals surface area contributed by atoms with Crippen LogP contribution in [0.2, 0.25) is 0 Å². The van der Waals surface area contributed by atoms with E-state index in [-0.39, 0.29) is 0 Å². The number of carbonyl (C=O) groups is 1. The van der Waals surface area contributed by atoms with Crippen LogP contribution in [0.5, 0.6) is 0 Å². The molecule has 0 spiro atoms. The molecule has 1 saturated carbocycles. The maximum absolute atomic E-state index is 12.3. The van der Waals surface area contributed by atoms with Gasteiger partial charge < -0.3 is 9.64 Å². The molecule has 2 aliphatic heterocycles. The van der Waals surface area contributed by atoms with Gasteiger partial charge in [-0.1, -0.05) is 6.42 Å². The van der Waals surface area contributed by atoms with Gasteiger partial charge in [0, 0.05) is 44.7 Å². The zero-order chi connectivity index (χ0) is 13.1. The number of nitrogens with zero attached hydrogens (tertiary/aromatic N) is 2. The summed E-state index contributed by atoms with van der Waals surface area (Å²) in [6.07, 6.45) is 7.05. The van der Waals surface area contributed by atoms with Crippen LogP contribution in [0, 0.1) is 5.92 Å². The molecule has 3 rings (SSSR count). The van der Waals surface area contributed by atoms with Crippen LogP contribution >= 0.6 is 0 Å². The molecule has 4 heteroatoms. The van der Waals surface area contributed by atoms with E-state index in [4.69, 9.17) is 4.74 Å². The van der Waals surface area contributed by atoms with Crippen molar-refractivity contribution in [3.63, 3.8) is 0 Å². The smallest absolute Gasteiger partial charge is 0.225 e. The van der Waals surface area contributed by atoms with E-state index in [0.717, 1.165) is 58.7 Å². The molecule has 4 nitrogen and oxygen atoms in total. The van der Waals surface area contributed by atoms with Crippen LogP contribution in [0.15, 0.2) is 0 Å². The van der Waals surface area contributed by atoms with Crippen LogP contribution in [0.1, 0.15) is 38.5 Å². The second kappa shape index (κ2) is 6.23. The van der Waals surface area contributed by atoms with Crippen molar-refractivity contribution in [3.05, 3.63) is 0 Å². The average molecular weight is 266 g/mol. The first-order valence-electron chi connectivity index (χ1n) is 7.95. The summed E-state index contributed by atoms with van der Waals surface area (Å²) in [5.41, 5.74) is 0. The zero-order valence-corrected chi connectivity index (χ0v) is 11.9. The normalized spacial score (nSPS) is 30.7. The number of carbonyl (C=O) groups excluding carboxylic acids is 1. The quantitative estimate of drug-likeness (QED) is 0.759. The molecular weight excluding hydrogens is 240 g/mol. The molecule has 1 amide bonds. The minimum absolute atomic E-state index is 0.351. The molecule has 2 heterocycles. The zero-order valence-electron chi connectivity index (χ0n) is 11.9. The van der Waals surface area contributed by atoms with Gasteiger partial charge in [-0.25, -0.2) is 0 Å². The van der Waals surface area contributed by atoms with Crippen LogP contribution in [-0.4, -0.2) is 61.1 Å². The molecule has 0 unspecified atom stereocenters. The monoisotopic (exact) mass is 266 g/mol. The number of rotatable bonds is 2. The maximum atomic E-state index is 12.3. The molecule has 0 radical (unpaired) electrons. The second-order valence-corrected chi connectivity index (χ2v) is 6.21. The Bertz CT molecular complexity index is 311. The Balaban J connectivity index is 1.51. The van der Waals surface area contributed by atoms with Crippen LogP contribution < -0.4 is 0 Å². The minimum atomic E-state index is 0.351. The number of hydrogen-bond donors (Lipinski definition) is 0. The summed E-state index contributed by atoms with van der Waals surface area (Å²) in [6.45, 7) is 5.85. The fourth-order valence-corrected chi connectivity index (χ4v) is 3.45. The van der Waals surface area contributed by atoms with E-state index in [9.17, 15) is 4.79 Å². The summed E-state index contributed by atoms with van der Waals surface area (Å²) in [5, 5.41) is 0. The van der Waals surface area contributed by atoms with Crippen molar-refractivity contribution in [3.8, 4) is 0 Å². The molecule has 1 aliphatic carbocycles. The number of amides is 1. The lowest BCUT2D eigenvalue weighted by Gasteiger charge is -2.34. The minimum Gasteiger partial charge on any atom is -0.380 e. The van der Waals surface area contributed by atoms with E-state index in [0.29, 0.717) is 17.9 Å². The largest absolute Gasteiger partial charge is 0.380 e. The van der Waals surface area contributed by atoms with Gasteiger partial charge in [-0.15, -0.1) is 0 Å². The molecule has 0 N–H and O–H groups in total. The van der Waals surface area contributed by atoms with Crippen molar-refractivity contribution in [2.24, 2.45) is 5.92 Å². The van der Waals surface area contributed by atoms with Crippen molar-refractivity contribution < 1.29 is 9.53 Å². The van der Waals surface area contributed by atoms with Gasteiger partial charge >= 0.3 is 0 Å². The third-order valence-electron chi connectivity index (χ3n) is 4.95. The fraction of sp³-hybridized carbons (Fsp3) is 0.933. The molecular formula is C15H26N2O2. The van der Waals surface area contributed by atoms with Gasteiger partial charge in [0.2, 0.25) is 5.91 Å². The molecule has 0 aromatic heterocycles. The summed E-state index contributed by atoms with van der Waals surface area (Å²) in [5.74, 6) is 0.776. The predicted molar refractivity (Wildman–Crippen MR) is 74.0 cm³/mol. The van der Waals surface area contributed by atoms with Crippen molar-refractivity contribution in [2.75, 3.05) is 39.4 Å². The highest BCUT2D eigenvalue weighted by Gasteiger charge is 2.31. The Morgan fingerprint density at radius 2 is 1.84 bits per heavy atom. The lowest BCUT2D eigenvalue weighted by Crippen LogP contribution is -2.44. The molecule has 0 aromatic rings. The van der Waals surface area contributed by atoms with Crippen LogP contribution in [0.3, 0.4) is 0 Å². The SMILES string of the molecule is O=C(C1CCC1)N1CCCN([C@@H]2CCCOC2)CC1. The molecule has 3 fully saturated rings. The first-order chi connectivity index (χ1) is 9.34. The lowest BCUT2D eigenvalue weighted by atomic mass is 9.84. The Morgan fingerprint density at radius 1 is 0.947 bits per heavy atom. The van der Waals surface area contributed by atoms with Gasteiger partial charge in [-0.3, -0.25) is 9.69 Å². The van der Waals surface area contributed by atoms with Crippen molar-refractivity contribution in [2.45, 2.75) is 44.6 Å². The first-order valence-corrected chi connectivity index (χ1v) is 7.95. The fourth-order valence-electron chi connectivity index (χ4n) is 3.45. The van der Waals surface area contributed by atoms with E-state index in [1.54, 1.807) is 0 Å². The van der Waals surface area contributed by atoms with E-state index in [1.165, 1.54) is 19.3 Å². The van der Waals surface area contributed by atoms with Gasteiger partial charge in [0.1, 0.15) is 0 Å². The van der Waals surface area contributed by atoms with Gasteiger partial charge in [-0.05, 0) is 32.1 Å². The molecule has 0 bridgehead atoms. The third-order valence-corrected chi connectivity index (χ3v) is 4.95. The highest BCUT2D eigenvalue weighted by molar-refractivity contribution is 5.79. The van der Waals surface area contributed by atoms with Gasteiger partial charge in [-0.2, -0.15) is 0 Å². The van der Waals surface area contributed by atoms with E-state index in [1.807, 2.05) is 0 Å². The van der Waals surface area contributed by atoms with Gasteiger partial charge in [0.15, 0.2) is 0 Å². The van der Waals surface area contributed by atoms with Crippen LogP contribution in [0.4, 0.5) is 0 Å². The van der Waals surface area contributed by atoms with Crippen molar-refractivity contribution in [1.82, 2.24) is 9.80 Å². The second-order valence-electron chi connectivity index (χ2n) is 6.21. The molecule has 19 heavy (non-hydrogen) atoms. The Kier molecular flexibility index (Phi) is 4.38. The number of ether oxygens (including phenoxy) is 1. The number of hydrogen-bond acceptors (Lipinski definition) is 3. The topological polar surface area (TPSA) is 32.8 Å². The van der Waals surface area contributed by atoms with Crippen molar-refractivity contribution in [1.29, 1.82) is 0 Å². The Hall–Kier alpha value is -0.610. The lowest BCUT2D eigenvalue weighted by molar-refractivity contribution is -0.138. The summed E-state index contributed by atoms with van der Waals surface area (Å²) >= 11 is 0. The highest BCUT2D eigenvalue weighted by Crippen LogP contribution is 2.28. The van der Waals surface area contributed by atoms with Crippen LogP contribution in [-0.2, 0) is 9.53 Å². The molecule has 1 atom stereocenters. The molecule has 2 saturated heterocycles. The Morgan fingerprint density at radius 3 is 2.53 bits per heavy atom. The van der Waals surface area contributed by atoms with E-state index < -0.39 is 0 Å². The maximum Gasteiger partial charge on any atom is 0.225 e. The standard InChI is InChI=1S/C15H26N2O2/c18-15(13-4-1-5-13)17-8-3-7-16(9-10-17)14-6-2-11-19-12-14/h13-14H,1-12H2/t14-/m1/s1. The summed E-state index contributed by atoms with van der Waals surface area (Å²) in [7, 11) is 0. The molecule has 108 valence electrons. The summed E-state index contributed by atoms with van der Waals surface area (Å²) < 4.78 is 5.59. The summed E-state index contributed by atoms with van der Waals surface area (Å²) in [4.78, 5) is 17.0. The summed E-state index contributed by atoms with van der Waals surface area (Å²) in [6, 6.07) is 0.590. The third kappa shape index (κ3) is 3.11. The predicted octanol–water partition coefficient (Wildman–Crippen LogP) is 1.50. The van der Waals surface area contributed by atoms with Gasteiger partial charge in [0.25, 0.3) is 0 Å².